The van der Waals surface area contributed by atoms with Gasteiger partial charge < -0.3 is 10.4 Å². The summed E-state index contributed by atoms with van der Waals surface area (Å²) in [6, 6.07) is -1.06. The molecule has 2 unspecified atom stereocenters. The highest BCUT2D eigenvalue weighted by atomic mass is 32.2. The van der Waals surface area contributed by atoms with Gasteiger partial charge in [-0.05, 0) is 20.3 Å². The van der Waals surface area contributed by atoms with Crippen molar-refractivity contribution in [1.29, 1.82) is 0 Å². The Kier molecular flexibility index (Phi) is 5.30. The molecule has 1 rings (SSSR count). The average Bonchev–Trinajstić information content (AvgIpc) is 2.65. The van der Waals surface area contributed by atoms with Crippen molar-refractivity contribution in [2.75, 3.05) is 24.6 Å². The van der Waals surface area contributed by atoms with E-state index in [9.17, 15) is 18.0 Å². The van der Waals surface area contributed by atoms with Gasteiger partial charge in [0.25, 0.3) is 0 Å². The molecule has 1 amide bonds. The monoisotopic (exact) mass is 292 g/mol. The van der Waals surface area contributed by atoms with E-state index in [2.05, 4.69) is 5.32 Å². The van der Waals surface area contributed by atoms with Gasteiger partial charge in [-0.25, -0.2) is 8.42 Å². The standard InChI is InChI=1S/C11H20N2O5S/c1-3-12-11(16)8(2)13(6-10(14)15)9-4-5-19(17,18)7-9/h8-9H,3-7H2,1-2H3,(H,12,16)(H,14,15). The normalized spacial score (nSPS) is 23.2. The fraction of sp³-hybridized carbons (Fsp3) is 0.818. The Labute approximate surface area is 112 Å². The molecule has 0 aromatic carbocycles. The number of rotatable bonds is 6. The topological polar surface area (TPSA) is 104 Å². The van der Waals surface area contributed by atoms with Gasteiger partial charge in [-0.3, -0.25) is 14.5 Å². The molecule has 0 aromatic rings. The number of hydrogen-bond donors (Lipinski definition) is 2. The molecule has 8 heteroatoms. The molecule has 2 atom stereocenters. The van der Waals surface area contributed by atoms with Crippen molar-refractivity contribution in [3.8, 4) is 0 Å². The molecule has 110 valence electrons. The summed E-state index contributed by atoms with van der Waals surface area (Å²) < 4.78 is 22.9. The Bertz CT molecular complexity index is 448. The molecule has 19 heavy (non-hydrogen) atoms. The molecule has 1 heterocycles. The van der Waals surface area contributed by atoms with Gasteiger partial charge in [-0.1, -0.05) is 0 Å². The molecule has 1 fully saturated rings. The summed E-state index contributed by atoms with van der Waals surface area (Å²) in [6.07, 6.45) is 0.374. The zero-order valence-electron chi connectivity index (χ0n) is 11.1. The van der Waals surface area contributed by atoms with E-state index < -0.39 is 27.9 Å². The molecular formula is C11H20N2O5S. The number of nitrogens with one attached hydrogen (secondary N) is 1. The second-order valence-corrected chi connectivity index (χ2v) is 6.92. The number of nitrogens with zero attached hydrogens (tertiary/aromatic N) is 1. The molecule has 7 nitrogen and oxygen atoms in total. The molecule has 0 bridgehead atoms. The highest BCUT2D eigenvalue weighted by Gasteiger charge is 2.37. The van der Waals surface area contributed by atoms with Crippen LogP contribution in [0.3, 0.4) is 0 Å². The minimum Gasteiger partial charge on any atom is -0.480 e. The van der Waals surface area contributed by atoms with Gasteiger partial charge in [0.1, 0.15) is 0 Å². The average molecular weight is 292 g/mol. The van der Waals surface area contributed by atoms with E-state index in [-0.39, 0.29) is 24.0 Å². The van der Waals surface area contributed by atoms with E-state index in [1.54, 1.807) is 13.8 Å². The molecule has 0 aliphatic carbocycles. The molecule has 1 aliphatic rings. The van der Waals surface area contributed by atoms with Crippen LogP contribution < -0.4 is 5.32 Å². The van der Waals surface area contributed by atoms with E-state index in [1.165, 1.54) is 4.90 Å². The maximum absolute atomic E-state index is 11.8. The molecule has 0 saturated carbocycles. The summed E-state index contributed by atoms with van der Waals surface area (Å²) in [6.45, 7) is 3.48. The van der Waals surface area contributed by atoms with Crippen molar-refractivity contribution in [2.24, 2.45) is 0 Å². The molecule has 1 saturated heterocycles. The predicted octanol–water partition coefficient (Wildman–Crippen LogP) is -0.915. The number of aliphatic carboxylic acids is 1. The summed E-state index contributed by atoms with van der Waals surface area (Å²) in [5, 5.41) is 11.5. The van der Waals surface area contributed by atoms with Crippen LogP contribution in [0, 0.1) is 0 Å². The van der Waals surface area contributed by atoms with Gasteiger partial charge in [-0.15, -0.1) is 0 Å². The third-order valence-electron chi connectivity index (χ3n) is 3.22. The lowest BCUT2D eigenvalue weighted by molar-refractivity contribution is -0.140. The number of sulfone groups is 1. The molecule has 0 aromatic heterocycles. The van der Waals surface area contributed by atoms with Crippen LogP contribution in [0.15, 0.2) is 0 Å². The van der Waals surface area contributed by atoms with Crippen LogP contribution in [0.2, 0.25) is 0 Å². The molecule has 1 aliphatic heterocycles. The van der Waals surface area contributed by atoms with Gasteiger partial charge in [0, 0.05) is 12.6 Å². The zero-order valence-corrected chi connectivity index (χ0v) is 11.9. The van der Waals surface area contributed by atoms with Crippen molar-refractivity contribution in [2.45, 2.75) is 32.4 Å². The first-order chi connectivity index (χ1) is 8.76. The SMILES string of the molecule is CCNC(=O)C(C)N(CC(=O)O)C1CCS(=O)(=O)C1. The number of carbonyl (C=O) groups is 2. The molecule has 0 radical (unpaired) electrons. The maximum Gasteiger partial charge on any atom is 0.317 e. The quantitative estimate of drug-likeness (QED) is 0.656. The van der Waals surface area contributed by atoms with Gasteiger partial charge in [0.05, 0.1) is 24.1 Å². The fourth-order valence-electron chi connectivity index (χ4n) is 2.25. The van der Waals surface area contributed by atoms with Gasteiger partial charge in [0.2, 0.25) is 5.91 Å². The zero-order chi connectivity index (χ0) is 14.6. The van der Waals surface area contributed by atoms with Crippen LogP contribution in [0.5, 0.6) is 0 Å². The van der Waals surface area contributed by atoms with Crippen molar-refractivity contribution in [3.05, 3.63) is 0 Å². The number of likely N-dealkylation sites (N-methyl/N-ethyl adjacent to an activating group) is 1. The van der Waals surface area contributed by atoms with Gasteiger partial charge in [-0.2, -0.15) is 0 Å². The summed E-state index contributed by atoms with van der Waals surface area (Å²) in [4.78, 5) is 24.1. The van der Waals surface area contributed by atoms with Crippen LogP contribution in [0.4, 0.5) is 0 Å². The first-order valence-corrected chi connectivity index (χ1v) is 8.04. The Balaban J connectivity index is 2.83. The Morgan fingerprint density at radius 2 is 2.11 bits per heavy atom. The van der Waals surface area contributed by atoms with Crippen LogP contribution in [-0.2, 0) is 19.4 Å². The minimum atomic E-state index is -3.11. The van der Waals surface area contributed by atoms with Gasteiger partial charge >= 0.3 is 5.97 Å². The lowest BCUT2D eigenvalue weighted by Crippen LogP contribution is -2.52. The van der Waals surface area contributed by atoms with Gasteiger partial charge in [0.15, 0.2) is 9.84 Å². The Morgan fingerprint density at radius 3 is 2.53 bits per heavy atom. The van der Waals surface area contributed by atoms with E-state index in [1.807, 2.05) is 0 Å². The first kappa shape index (κ1) is 15.9. The van der Waals surface area contributed by atoms with Crippen molar-refractivity contribution in [3.63, 3.8) is 0 Å². The molecule has 2 N–H and O–H groups in total. The molecule has 0 spiro atoms. The summed E-state index contributed by atoms with van der Waals surface area (Å²) in [5.41, 5.74) is 0. The number of hydrogen-bond acceptors (Lipinski definition) is 5. The second-order valence-electron chi connectivity index (χ2n) is 4.69. The number of carbonyl (C=O) groups excluding carboxylic acids is 1. The number of carboxylic acid groups (broad SMARTS) is 1. The first-order valence-electron chi connectivity index (χ1n) is 6.22. The summed E-state index contributed by atoms with van der Waals surface area (Å²) in [5.74, 6) is -1.38. The van der Waals surface area contributed by atoms with E-state index in [4.69, 9.17) is 5.11 Å². The summed E-state index contributed by atoms with van der Waals surface area (Å²) in [7, 11) is -3.11. The largest absolute Gasteiger partial charge is 0.480 e. The highest BCUT2D eigenvalue weighted by Crippen LogP contribution is 2.19. The third kappa shape index (κ3) is 4.46. The Morgan fingerprint density at radius 1 is 1.47 bits per heavy atom. The van der Waals surface area contributed by atoms with Crippen LogP contribution in [0.1, 0.15) is 20.3 Å². The van der Waals surface area contributed by atoms with Crippen molar-refractivity contribution >= 4 is 21.7 Å². The number of amides is 1. The van der Waals surface area contributed by atoms with Crippen molar-refractivity contribution < 1.29 is 23.1 Å². The van der Waals surface area contributed by atoms with Crippen LogP contribution in [-0.4, -0.2) is 67.0 Å². The number of carboxylic acids is 1. The molecular weight excluding hydrogens is 272 g/mol. The second kappa shape index (κ2) is 6.33. The summed E-state index contributed by atoms with van der Waals surface area (Å²) >= 11 is 0. The fourth-order valence-corrected chi connectivity index (χ4v) is 3.99. The van der Waals surface area contributed by atoms with Crippen molar-refractivity contribution in [1.82, 2.24) is 10.2 Å². The van der Waals surface area contributed by atoms with E-state index >= 15 is 0 Å². The predicted molar refractivity (Wildman–Crippen MR) is 69.5 cm³/mol. The smallest absolute Gasteiger partial charge is 0.317 e. The third-order valence-corrected chi connectivity index (χ3v) is 4.97. The van der Waals surface area contributed by atoms with Crippen LogP contribution >= 0.6 is 0 Å². The minimum absolute atomic E-state index is 0.0515. The Hall–Kier alpha value is -1.15. The van der Waals surface area contributed by atoms with Crippen LogP contribution in [0.25, 0.3) is 0 Å². The highest BCUT2D eigenvalue weighted by molar-refractivity contribution is 7.91. The van der Waals surface area contributed by atoms with E-state index in [0.29, 0.717) is 13.0 Å². The lowest BCUT2D eigenvalue weighted by atomic mass is 10.1. The van der Waals surface area contributed by atoms with E-state index in [0.717, 1.165) is 0 Å². The lowest BCUT2D eigenvalue weighted by Gasteiger charge is -2.31. The maximum atomic E-state index is 11.8.